The van der Waals surface area contributed by atoms with E-state index in [1.807, 2.05) is 12.3 Å². The van der Waals surface area contributed by atoms with E-state index in [4.69, 9.17) is 11.6 Å². The summed E-state index contributed by atoms with van der Waals surface area (Å²) in [5.41, 5.74) is 11.0. The van der Waals surface area contributed by atoms with Gasteiger partial charge in [0.15, 0.2) is 0 Å². The molecule has 1 aromatic rings. The molecular weight excluding hydrogens is 250 g/mol. The molecule has 0 bridgehead atoms. The highest BCUT2D eigenvalue weighted by Crippen LogP contribution is 2.30. The molecule has 5 heteroatoms. The third-order valence-electron chi connectivity index (χ3n) is 4.86. The van der Waals surface area contributed by atoms with Gasteiger partial charge in [-0.25, -0.2) is 0 Å². The molecule has 1 aliphatic heterocycles. The minimum atomic E-state index is 0.0491. The molecule has 1 fully saturated rings. The maximum Gasteiger partial charge on any atom is 0.0433 e. The van der Waals surface area contributed by atoms with E-state index in [-0.39, 0.29) is 11.6 Å². The van der Waals surface area contributed by atoms with E-state index in [0.717, 1.165) is 37.2 Å². The summed E-state index contributed by atoms with van der Waals surface area (Å²) in [6.45, 7) is 6.85. The van der Waals surface area contributed by atoms with Crippen LogP contribution in [-0.4, -0.2) is 34.6 Å². The van der Waals surface area contributed by atoms with Crippen molar-refractivity contribution in [3.05, 3.63) is 24.0 Å². The Kier molecular flexibility index (Phi) is 4.96. The standard InChI is InChI=1S/C15H27N5/c1-3-15(2,20-8-4-5-9-20)14(19-17)10-12-11-18-7-6-13(12)16/h6-7,11,14,19H,3-5,8-10,17H2,1-2H3,(H2,16,18). The Bertz CT molecular complexity index is 430. The van der Waals surface area contributed by atoms with Gasteiger partial charge in [0, 0.05) is 29.7 Å². The van der Waals surface area contributed by atoms with Gasteiger partial charge >= 0.3 is 0 Å². The molecule has 112 valence electrons. The first kappa shape index (κ1) is 15.2. The first-order valence-electron chi connectivity index (χ1n) is 7.51. The van der Waals surface area contributed by atoms with Crippen molar-refractivity contribution >= 4 is 5.69 Å². The van der Waals surface area contributed by atoms with E-state index in [0.29, 0.717) is 0 Å². The predicted molar refractivity (Wildman–Crippen MR) is 83.0 cm³/mol. The van der Waals surface area contributed by atoms with Gasteiger partial charge in [0.25, 0.3) is 0 Å². The fourth-order valence-electron chi connectivity index (χ4n) is 3.21. The second-order valence-electron chi connectivity index (χ2n) is 5.90. The van der Waals surface area contributed by atoms with Gasteiger partial charge in [-0.15, -0.1) is 0 Å². The molecule has 5 nitrogen and oxygen atoms in total. The summed E-state index contributed by atoms with van der Waals surface area (Å²) >= 11 is 0. The van der Waals surface area contributed by atoms with Gasteiger partial charge in [0.1, 0.15) is 0 Å². The van der Waals surface area contributed by atoms with Gasteiger partial charge in [-0.3, -0.25) is 21.2 Å². The van der Waals surface area contributed by atoms with Crippen molar-refractivity contribution < 1.29 is 0 Å². The van der Waals surface area contributed by atoms with E-state index in [1.54, 1.807) is 6.20 Å². The number of nitrogens with zero attached hydrogens (tertiary/aromatic N) is 2. The fraction of sp³-hybridized carbons (Fsp3) is 0.667. The van der Waals surface area contributed by atoms with Crippen LogP contribution in [0.1, 0.15) is 38.7 Å². The van der Waals surface area contributed by atoms with Crippen molar-refractivity contribution in [3.63, 3.8) is 0 Å². The number of hydrazine groups is 1. The number of anilines is 1. The summed E-state index contributed by atoms with van der Waals surface area (Å²) in [4.78, 5) is 6.74. The Balaban J connectivity index is 2.19. The first-order chi connectivity index (χ1) is 9.61. The third kappa shape index (κ3) is 2.95. The molecule has 2 atom stereocenters. The van der Waals surface area contributed by atoms with E-state index in [9.17, 15) is 0 Å². The molecule has 0 spiro atoms. The fourth-order valence-corrected chi connectivity index (χ4v) is 3.21. The number of pyridine rings is 1. The van der Waals surface area contributed by atoms with Crippen LogP contribution in [0.5, 0.6) is 0 Å². The van der Waals surface area contributed by atoms with Crippen molar-refractivity contribution in [2.24, 2.45) is 5.84 Å². The Labute approximate surface area is 121 Å². The maximum absolute atomic E-state index is 6.04. The number of nitrogens with two attached hydrogens (primary N) is 2. The van der Waals surface area contributed by atoms with Crippen LogP contribution in [0.4, 0.5) is 5.69 Å². The highest BCUT2D eigenvalue weighted by atomic mass is 15.3. The quantitative estimate of drug-likeness (QED) is 0.539. The number of nitrogen functional groups attached to an aromatic ring is 1. The average Bonchev–Trinajstić information content (AvgIpc) is 3.00. The van der Waals surface area contributed by atoms with Crippen molar-refractivity contribution in [2.45, 2.75) is 51.1 Å². The van der Waals surface area contributed by atoms with E-state index < -0.39 is 0 Å². The molecule has 0 aromatic carbocycles. The molecule has 0 radical (unpaired) electrons. The molecule has 0 amide bonds. The van der Waals surface area contributed by atoms with Crippen molar-refractivity contribution in [2.75, 3.05) is 18.8 Å². The first-order valence-corrected chi connectivity index (χ1v) is 7.51. The van der Waals surface area contributed by atoms with Gasteiger partial charge in [-0.1, -0.05) is 6.92 Å². The predicted octanol–water partition coefficient (Wildman–Crippen LogP) is 1.30. The van der Waals surface area contributed by atoms with Gasteiger partial charge < -0.3 is 5.73 Å². The zero-order chi connectivity index (χ0) is 14.6. The molecule has 2 unspecified atom stereocenters. The average molecular weight is 277 g/mol. The number of aromatic nitrogens is 1. The maximum atomic E-state index is 6.04. The zero-order valence-electron chi connectivity index (χ0n) is 12.6. The van der Waals surface area contributed by atoms with Crippen LogP contribution < -0.4 is 17.0 Å². The van der Waals surface area contributed by atoms with Crippen LogP contribution in [0.2, 0.25) is 0 Å². The number of hydrogen-bond acceptors (Lipinski definition) is 5. The Morgan fingerprint density at radius 3 is 2.70 bits per heavy atom. The number of rotatable bonds is 6. The second kappa shape index (κ2) is 6.52. The van der Waals surface area contributed by atoms with Gasteiger partial charge in [0.2, 0.25) is 0 Å². The van der Waals surface area contributed by atoms with Gasteiger partial charge in [-0.05, 0) is 57.3 Å². The lowest BCUT2D eigenvalue weighted by Crippen LogP contribution is -2.61. The Morgan fingerprint density at radius 2 is 2.15 bits per heavy atom. The van der Waals surface area contributed by atoms with Crippen molar-refractivity contribution in [3.8, 4) is 0 Å². The second-order valence-corrected chi connectivity index (χ2v) is 5.90. The minimum absolute atomic E-state index is 0.0491. The van der Waals surface area contributed by atoms with Crippen LogP contribution in [0.25, 0.3) is 0 Å². The minimum Gasteiger partial charge on any atom is -0.398 e. The summed E-state index contributed by atoms with van der Waals surface area (Å²) < 4.78 is 0. The molecule has 0 aliphatic carbocycles. The highest BCUT2D eigenvalue weighted by Gasteiger charge is 2.39. The van der Waals surface area contributed by atoms with Crippen LogP contribution >= 0.6 is 0 Å². The number of likely N-dealkylation sites (tertiary alicyclic amines) is 1. The summed E-state index contributed by atoms with van der Waals surface area (Å²) in [5.74, 6) is 5.86. The van der Waals surface area contributed by atoms with E-state index in [2.05, 4.69) is 29.2 Å². The van der Waals surface area contributed by atoms with Gasteiger partial charge in [-0.2, -0.15) is 0 Å². The lowest BCUT2D eigenvalue weighted by atomic mass is 9.84. The van der Waals surface area contributed by atoms with E-state index in [1.165, 1.54) is 12.8 Å². The monoisotopic (exact) mass is 277 g/mol. The third-order valence-corrected chi connectivity index (χ3v) is 4.86. The molecule has 5 N–H and O–H groups in total. The number of hydrogen-bond donors (Lipinski definition) is 3. The summed E-state index contributed by atoms with van der Waals surface area (Å²) in [7, 11) is 0. The normalized spacial score (nSPS) is 20.8. The summed E-state index contributed by atoms with van der Waals surface area (Å²) in [6, 6.07) is 2.01. The van der Waals surface area contributed by atoms with E-state index >= 15 is 0 Å². The summed E-state index contributed by atoms with van der Waals surface area (Å²) in [6.07, 6.45) is 7.99. The zero-order valence-corrected chi connectivity index (χ0v) is 12.6. The smallest absolute Gasteiger partial charge is 0.0433 e. The Morgan fingerprint density at radius 1 is 1.45 bits per heavy atom. The molecule has 2 rings (SSSR count). The largest absolute Gasteiger partial charge is 0.398 e. The lowest BCUT2D eigenvalue weighted by molar-refractivity contribution is 0.0841. The lowest BCUT2D eigenvalue weighted by Gasteiger charge is -2.44. The molecular formula is C15H27N5. The van der Waals surface area contributed by atoms with Crippen molar-refractivity contribution in [1.82, 2.24) is 15.3 Å². The van der Waals surface area contributed by atoms with Crippen molar-refractivity contribution in [1.29, 1.82) is 0 Å². The van der Waals surface area contributed by atoms with Crippen LogP contribution in [-0.2, 0) is 6.42 Å². The summed E-state index contributed by atoms with van der Waals surface area (Å²) in [5, 5.41) is 0. The van der Waals surface area contributed by atoms with Crippen LogP contribution in [0, 0.1) is 0 Å². The molecule has 1 aromatic heterocycles. The molecule has 0 saturated carbocycles. The number of nitrogens with one attached hydrogen (secondary N) is 1. The molecule has 1 saturated heterocycles. The Hall–Kier alpha value is -1.17. The highest BCUT2D eigenvalue weighted by molar-refractivity contribution is 5.44. The SMILES string of the molecule is CCC(C)(C(Cc1cnccc1N)NN)N1CCCC1. The van der Waals surface area contributed by atoms with Gasteiger partial charge in [0.05, 0.1) is 0 Å². The van der Waals surface area contributed by atoms with Crippen LogP contribution in [0.15, 0.2) is 18.5 Å². The topological polar surface area (TPSA) is 80.2 Å². The molecule has 2 heterocycles. The van der Waals surface area contributed by atoms with Crippen LogP contribution in [0.3, 0.4) is 0 Å². The molecule has 1 aliphatic rings. The molecule has 20 heavy (non-hydrogen) atoms.